The minimum Gasteiger partial charge on any atom is -0.493 e. The molecule has 0 saturated carbocycles. The van der Waals surface area contributed by atoms with E-state index in [9.17, 15) is 5.11 Å². The van der Waals surface area contributed by atoms with Crippen molar-refractivity contribution >= 4 is 12.4 Å². The van der Waals surface area contributed by atoms with E-state index in [0.29, 0.717) is 19.7 Å². The van der Waals surface area contributed by atoms with Gasteiger partial charge in [0, 0.05) is 13.1 Å². The molecule has 0 aliphatic rings. The lowest BCUT2D eigenvalue weighted by atomic mass is 10.1. The average molecular weight is 338 g/mol. The van der Waals surface area contributed by atoms with Gasteiger partial charge in [-0.2, -0.15) is 0 Å². The van der Waals surface area contributed by atoms with E-state index in [-0.39, 0.29) is 12.4 Å². The molecule has 0 aliphatic carbocycles. The van der Waals surface area contributed by atoms with Crippen molar-refractivity contribution in [1.29, 1.82) is 0 Å². The van der Waals surface area contributed by atoms with Crippen molar-refractivity contribution in [1.82, 2.24) is 5.32 Å². The highest BCUT2D eigenvalue weighted by atomic mass is 35.5. The second kappa shape index (κ2) is 10.1. The first kappa shape index (κ1) is 19.3. The fourth-order valence-electron chi connectivity index (χ4n) is 2.25. The van der Waals surface area contributed by atoms with Crippen LogP contribution in [0.4, 0.5) is 0 Å². The van der Waals surface area contributed by atoms with Crippen LogP contribution in [0.2, 0.25) is 0 Å². The van der Waals surface area contributed by atoms with Gasteiger partial charge < -0.3 is 19.9 Å². The summed E-state index contributed by atoms with van der Waals surface area (Å²) in [6.07, 6.45) is -0.509. The quantitative estimate of drug-likeness (QED) is 0.775. The Morgan fingerprint density at radius 1 is 1.09 bits per heavy atom. The van der Waals surface area contributed by atoms with Gasteiger partial charge in [0.25, 0.3) is 0 Å². The second-order valence-electron chi connectivity index (χ2n) is 4.98. The second-order valence-corrected chi connectivity index (χ2v) is 4.98. The highest BCUT2D eigenvalue weighted by Crippen LogP contribution is 2.28. The van der Waals surface area contributed by atoms with Crippen molar-refractivity contribution in [3.05, 3.63) is 59.7 Å². The van der Waals surface area contributed by atoms with Gasteiger partial charge in [0.2, 0.25) is 0 Å². The molecule has 0 radical (unpaired) electrons. The predicted octanol–water partition coefficient (Wildman–Crippen LogP) is 3.34. The van der Waals surface area contributed by atoms with Gasteiger partial charge >= 0.3 is 0 Å². The first-order valence-corrected chi connectivity index (χ1v) is 7.48. The minimum absolute atomic E-state index is 0. The van der Waals surface area contributed by atoms with Crippen LogP contribution in [0.3, 0.4) is 0 Å². The lowest BCUT2D eigenvalue weighted by Crippen LogP contribution is -2.21. The molecule has 0 spiro atoms. The predicted molar refractivity (Wildman–Crippen MR) is 94.5 cm³/mol. The van der Waals surface area contributed by atoms with Crippen molar-refractivity contribution in [3.8, 4) is 11.5 Å². The molecule has 23 heavy (non-hydrogen) atoms. The standard InChI is InChI=1S/C18H23NO3.ClH/c1-3-22-18-11-14(9-10-17(18)21-2)12-19-13-16(20)15-7-5-4-6-8-15;/h4-11,16,19-20H,3,12-13H2,1-2H3;1H. The molecule has 2 aromatic carbocycles. The zero-order valence-corrected chi connectivity index (χ0v) is 14.3. The Labute approximate surface area is 143 Å². The fourth-order valence-corrected chi connectivity index (χ4v) is 2.25. The first-order chi connectivity index (χ1) is 10.7. The molecule has 2 aromatic rings. The molecular weight excluding hydrogens is 314 g/mol. The van der Waals surface area contributed by atoms with E-state index in [0.717, 1.165) is 22.6 Å². The van der Waals surface area contributed by atoms with E-state index in [2.05, 4.69) is 5.32 Å². The maximum absolute atomic E-state index is 10.1. The third kappa shape index (κ3) is 5.75. The lowest BCUT2D eigenvalue weighted by Gasteiger charge is -2.14. The van der Waals surface area contributed by atoms with Crippen LogP contribution in [-0.2, 0) is 6.54 Å². The van der Waals surface area contributed by atoms with Crippen LogP contribution in [0.5, 0.6) is 11.5 Å². The van der Waals surface area contributed by atoms with Crippen LogP contribution in [0.25, 0.3) is 0 Å². The summed E-state index contributed by atoms with van der Waals surface area (Å²) in [5.41, 5.74) is 2.00. The molecule has 2 rings (SSSR count). The van der Waals surface area contributed by atoms with Crippen molar-refractivity contribution in [2.45, 2.75) is 19.6 Å². The van der Waals surface area contributed by atoms with E-state index in [4.69, 9.17) is 9.47 Å². The summed E-state index contributed by atoms with van der Waals surface area (Å²) in [7, 11) is 1.63. The van der Waals surface area contributed by atoms with Gasteiger partial charge in [-0.05, 0) is 30.2 Å². The largest absolute Gasteiger partial charge is 0.493 e. The highest BCUT2D eigenvalue weighted by Gasteiger charge is 2.08. The minimum atomic E-state index is -0.509. The molecule has 0 aliphatic heterocycles. The summed E-state index contributed by atoms with van der Waals surface area (Å²) in [5, 5.41) is 13.4. The third-order valence-corrected chi connectivity index (χ3v) is 3.38. The van der Waals surface area contributed by atoms with Crippen LogP contribution in [0.1, 0.15) is 24.2 Å². The number of aliphatic hydroxyl groups excluding tert-OH is 1. The molecular formula is C18H24ClNO3. The Balaban J connectivity index is 0.00000264. The molecule has 4 nitrogen and oxygen atoms in total. The van der Waals surface area contributed by atoms with Crippen molar-refractivity contribution < 1.29 is 14.6 Å². The van der Waals surface area contributed by atoms with Crippen molar-refractivity contribution in [2.75, 3.05) is 20.3 Å². The van der Waals surface area contributed by atoms with Gasteiger partial charge in [-0.25, -0.2) is 0 Å². The summed E-state index contributed by atoms with van der Waals surface area (Å²) in [5.74, 6) is 1.47. The van der Waals surface area contributed by atoms with E-state index >= 15 is 0 Å². The SMILES string of the molecule is CCOc1cc(CNCC(O)c2ccccc2)ccc1OC.Cl. The normalized spacial score (nSPS) is 11.4. The topological polar surface area (TPSA) is 50.7 Å². The van der Waals surface area contributed by atoms with E-state index in [1.807, 2.05) is 55.5 Å². The number of aliphatic hydroxyl groups is 1. The van der Waals surface area contributed by atoms with Crippen LogP contribution in [0, 0.1) is 0 Å². The zero-order chi connectivity index (χ0) is 15.8. The van der Waals surface area contributed by atoms with Gasteiger partial charge in [-0.1, -0.05) is 36.4 Å². The summed E-state index contributed by atoms with van der Waals surface area (Å²) in [6.45, 7) is 3.70. The first-order valence-electron chi connectivity index (χ1n) is 7.48. The molecule has 5 heteroatoms. The number of rotatable bonds is 8. The Bertz CT molecular complexity index is 578. The summed E-state index contributed by atoms with van der Waals surface area (Å²) in [4.78, 5) is 0. The molecule has 0 aromatic heterocycles. The molecule has 0 amide bonds. The van der Waals surface area contributed by atoms with Gasteiger partial charge in [0.05, 0.1) is 19.8 Å². The van der Waals surface area contributed by atoms with Crippen LogP contribution in [0.15, 0.2) is 48.5 Å². The smallest absolute Gasteiger partial charge is 0.161 e. The number of nitrogens with one attached hydrogen (secondary N) is 1. The van der Waals surface area contributed by atoms with Gasteiger partial charge in [0.1, 0.15) is 0 Å². The van der Waals surface area contributed by atoms with Crippen molar-refractivity contribution in [3.63, 3.8) is 0 Å². The van der Waals surface area contributed by atoms with Crippen LogP contribution in [-0.4, -0.2) is 25.4 Å². The number of methoxy groups -OCH3 is 1. The van der Waals surface area contributed by atoms with E-state index in [1.165, 1.54) is 0 Å². The fraction of sp³-hybridized carbons (Fsp3) is 0.333. The van der Waals surface area contributed by atoms with E-state index < -0.39 is 6.10 Å². The highest BCUT2D eigenvalue weighted by molar-refractivity contribution is 5.85. The zero-order valence-electron chi connectivity index (χ0n) is 13.5. The third-order valence-electron chi connectivity index (χ3n) is 3.38. The number of halogens is 1. The number of hydrogen-bond acceptors (Lipinski definition) is 4. The molecule has 0 saturated heterocycles. The Hall–Kier alpha value is -1.75. The summed E-state index contributed by atoms with van der Waals surface area (Å²) < 4.78 is 10.8. The Morgan fingerprint density at radius 2 is 1.83 bits per heavy atom. The summed E-state index contributed by atoms with van der Waals surface area (Å²) in [6, 6.07) is 15.5. The number of benzene rings is 2. The van der Waals surface area contributed by atoms with Gasteiger partial charge in [-0.15, -0.1) is 12.4 Å². The summed E-state index contributed by atoms with van der Waals surface area (Å²) >= 11 is 0. The van der Waals surface area contributed by atoms with Crippen LogP contribution < -0.4 is 14.8 Å². The lowest BCUT2D eigenvalue weighted by molar-refractivity contribution is 0.174. The molecule has 1 atom stereocenters. The maximum Gasteiger partial charge on any atom is 0.161 e. The molecule has 1 unspecified atom stereocenters. The number of ether oxygens (including phenoxy) is 2. The number of hydrogen-bond donors (Lipinski definition) is 2. The van der Waals surface area contributed by atoms with Crippen molar-refractivity contribution in [2.24, 2.45) is 0 Å². The van der Waals surface area contributed by atoms with E-state index in [1.54, 1.807) is 7.11 Å². The van der Waals surface area contributed by atoms with Gasteiger partial charge in [0.15, 0.2) is 11.5 Å². The Kier molecular flexibility index (Phi) is 8.48. The maximum atomic E-state index is 10.1. The molecule has 0 heterocycles. The molecule has 2 N–H and O–H groups in total. The molecule has 0 bridgehead atoms. The molecule has 126 valence electrons. The average Bonchev–Trinajstić information content (AvgIpc) is 2.56. The van der Waals surface area contributed by atoms with Gasteiger partial charge in [-0.3, -0.25) is 0 Å². The van der Waals surface area contributed by atoms with Crippen LogP contribution >= 0.6 is 12.4 Å². The molecule has 0 fully saturated rings. The monoisotopic (exact) mass is 337 g/mol. The Morgan fingerprint density at radius 3 is 2.48 bits per heavy atom.